The van der Waals surface area contributed by atoms with Crippen LogP contribution >= 0.6 is 0 Å². The molecule has 2 nitrogen and oxygen atoms in total. The molecule has 0 N–H and O–H groups in total. The number of rotatable bonds is 3. The molecule has 2 fully saturated rings. The van der Waals surface area contributed by atoms with Crippen molar-refractivity contribution in [2.75, 3.05) is 24.5 Å². The number of anilines is 1. The van der Waals surface area contributed by atoms with Crippen molar-refractivity contribution in [1.29, 1.82) is 0 Å². The molecule has 1 aliphatic carbocycles. The van der Waals surface area contributed by atoms with Crippen LogP contribution in [0.15, 0.2) is 24.3 Å². The minimum absolute atomic E-state index is 0.238. The first-order valence-electron chi connectivity index (χ1n) is 8.96. The monoisotopic (exact) mass is 300 g/mol. The van der Waals surface area contributed by atoms with Gasteiger partial charge in [0.25, 0.3) is 0 Å². The van der Waals surface area contributed by atoms with E-state index < -0.39 is 0 Å². The summed E-state index contributed by atoms with van der Waals surface area (Å²) < 4.78 is 0. The largest absolute Gasteiger partial charge is 0.368 e. The van der Waals surface area contributed by atoms with Gasteiger partial charge in [-0.3, -0.25) is 4.90 Å². The Morgan fingerprint density at radius 2 is 1.50 bits per heavy atom. The smallest absolute Gasteiger partial charge is 0.0367 e. The van der Waals surface area contributed by atoms with Crippen molar-refractivity contribution in [1.82, 2.24) is 4.90 Å². The summed E-state index contributed by atoms with van der Waals surface area (Å²) in [5.74, 6) is 0.988. The summed E-state index contributed by atoms with van der Waals surface area (Å²) in [6.07, 6.45) is 2.90. The number of nitrogens with zero attached hydrogens (tertiary/aromatic N) is 2. The number of hydrogen-bond donors (Lipinski definition) is 0. The second-order valence-corrected chi connectivity index (χ2v) is 8.54. The average Bonchev–Trinajstić information content (AvgIpc) is 3.26. The lowest BCUT2D eigenvalue weighted by Gasteiger charge is -2.45. The molecule has 1 aromatic carbocycles. The zero-order valence-corrected chi connectivity index (χ0v) is 15.0. The Balaban J connectivity index is 1.68. The molecule has 2 aliphatic rings. The van der Waals surface area contributed by atoms with Crippen molar-refractivity contribution in [2.45, 2.75) is 65.0 Å². The van der Waals surface area contributed by atoms with Gasteiger partial charge in [0.1, 0.15) is 0 Å². The minimum Gasteiger partial charge on any atom is -0.368 e. The maximum atomic E-state index is 2.73. The third-order valence-corrected chi connectivity index (χ3v) is 5.37. The Bertz CT molecular complexity index is 483. The standard InChI is InChI=1S/C20H32N2/c1-15-12-21(13-16(2)22(15)14-17-6-7-17)19-10-8-18(9-11-19)20(3,4)5/h8-11,15-17H,6-7,12-14H2,1-5H3. The van der Waals surface area contributed by atoms with E-state index in [1.165, 1.54) is 30.6 Å². The topological polar surface area (TPSA) is 6.48 Å². The third kappa shape index (κ3) is 3.48. The van der Waals surface area contributed by atoms with Crippen LogP contribution in [0.2, 0.25) is 0 Å². The molecule has 0 spiro atoms. The van der Waals surface area contributed by atoms with Crippen molar-refractivity contribution < 1.29 is 0 Å². The molecule has 3 rings (SSSR count). The van der Waals surface area contributed by atoms with E-state index in [0.717, 1.165) is 19.0 Å². The highest BCUT2D eigenvalue weighted by molar-refractivity contribution is 5.49. The first-order chi connectivity index (χ1) is 10.3. The lowest BCUT2D eigenvalue weighted by Crippen LogP contribution is -2.57. The third-order valence-electron chi connectivity index (χ3n) is 5.37. The summed E-state index contributed by atoms with van der Waals surface area (Å²) in [5.41, 5.74) is 3.05. The quantitative estimate of drug-likeness (QED) is 0.821. The van der Waals surface area contributed by atoms with Gasteiger partial charge in [-0.1, -0.05) is 32.9 Å². The molecule has 0 radical (unpaired) electrons. The fourth-order valence-electron chi connectivity index (χ4n) is 3.70. The second kappa shape index (κ2) is 5.88. The average molecular weight is 300 g/mol. The van der Waals surface area contributed by atoms with Crippen LogP contribution < -0.4 is 4.90 Å². The Morgan fingerprint density at radius 3 is 1.95 bits per heavy atom. The molecule has 0 amide bonds. The van der Waals surface area contributed by atoms with Crippen molar-refractivity contribution in [2.24, 2.45) is 5.92 Å². The van der Waals surface area contributed by atoms with E-state index in [0.29, 0.717) is 12.1 Å². The lowest BCUT2D eigenvalue weighted by atomic mass is 9.87. The maximum absolute atomic E-state index is 2.73. The molecule has 22 heavy (non-hydrogen) atoms. The molecule has 1 aromatic rings. The van der Waals surface area contributed by atoms with Crippen LogP contribution in [0.1, 0.15) is 53.0 Å². The highest BCUT2D eigenvalue weighted by Crippen LogP contribution is 2.33. The summed E-state index contributed by atoms with van der Waals surface area (Å²) in [4.78, 5) is 5.31. The van der Waals surface area contributed by atoms with Gasteiger partial charge in [0.05, 0.1) is 0 Å². The van der Waals surface area contributed by atoms with E-state index >= 15 is 0 Å². The highest BCUT2D eigenvalue weighted by atomic mass is 15.3. The van der Waals surface area contributed by atoms with E-state index in [1.807, 2.05) is 0 Å². The SMILES string of the molecule is CC1CN(c2ccc(C(C)(C)C)cc2)CC(C)N1CC1CC1. The van der Waals surface area contributed by atoms with Crippen LogP contribution in [0.25, 0.3) is 0 Å². The molecular weight excluding hydrogens is 268 g/mol. The number of hydrogen-bond acceptors (Lipinski definition) is 2. The molecule has 2 heteroatoms. The summed E-state index contributed by atoms with van der Waals surface area (Å²) >= 11 is 0. The second-order valence-electron chi connectivity index (χ2n) is 8.54. The van der Waals surface area contributed by atoms with E-state index in [4.69, 9.17) is 0 Å². The molecule has 1 saturated heterocycles. The first kappa shape index (κ1) is 15.9. The molecule has 1 saturated carbocycles. The van der Waals surface area contributed by atoms with Gasteiger partial charge in [0.15, 0.2) is 0 Å². The molecule has 2 unspecified atom stereocenters. The Labute approximate surface area is 136 Å². The summed E-state index contributed by atoms with van der Waals surface area (Å²) in [6.45, 7) is 15.3. The van der Waals surface area contributed by atoms with Gasteiger partial charge in [-0.15, -0.1) is 0 Å². The minimum atomic E-state index is 0.238. The maximum Gasteiger partial charge on any atom is 0.0367 e. The molecule has 122 valence electrons. The van der Waals surface area contributed by atoms with Crippen LogP contribution in [0.4, 0.5) is 5.69 Å². The Hall–Kier alpha value is -1.02. The number of piperazine rings is 1. The van der Waals surface area contributed by atoms with Crippen LogP contribution in [0.5, 0.6) is 0 Å². The summed E-state index contributed by atoms with van der Waals surface area (Å²) in [6, 6.07) is 10.6. The van der Waals surface area contributed by atoms with E-state index in [2.05, 4.69) is 68.7 Å². The summed E-state index contributed by atoms with van der Waals surface area (Å²) in [5, 5.41) is 0. The molecule has 0 aromatic heterocycles. The fourth-order valence-corrected chi connectivity index (χ4v) is 3.70. The van der Waals surface area contributed by atoms with Crippen LogP contribution in [-0.2, 0) is 5.41 Å². The molecule has 1 heterocycles. The van der Waals surface area contributed by atoms with Crippen molar-refractivity contribution >= 4 is 5.69 Å². The van der Waals surface area contributed by atoms with E-state index in [-0.39, 0.29) is 5.41 Å². The van der Waals surface area contributed by atoms with Gasteiger partial charge >= 0.3 is 0 Å². The van der Waals surface area contributed by atoms with Crippen molar-refractivity contribution in [3.8, 4) is 0 Å². The molecule has 0 bridgehead atoms. The van der Waals surface area contributed by atoms with Gasteiger partial charge in [-0.2, -0.15) is 0 Å². The van der Waals surface area contributed by atoms with Gasteiger partial charge in [0.2, 0.25) is 0 Å². The van der Waals surface area contributed by atoms with Crippen LogP contribution in [0, 0.1) is 5.92 Å². The molecule has 2 atom stereocenters. The van der Waals surface area contributed by atoms with Crippen LogP contribution in [-0.4, -0.2) is 36.6 Å². The van der Waals surface area contributed by atoms with Gasteiger partial charge in [0, 0.05) is 37.4 Å². The molecular formula is C20H32N2. The fraction of sp³-hybridized carbons (Fsp3) is 0.700. The zero-order valence-electron chi connectivity index (χ0n) is 15.0. The lowest BCUT2D eigenvalue weighted by molar-refractivity contribution is 0.125. The predicted molar refractivity (Wildman–Crippen MR) is 95.7 cm³/mol. The highest BCUT2D eigenvalue weighted by Gasteiger charge is 2.33. The summed E-state index contributed by atoms with van der Waals surface area (Å²) in [7, 11) is 0. The predicted octanol–water partition coefficient (Wildman–Crippen LogP) is 4.29. The normalized spacial score (nSPS) is 27.2. The Morgan fingerprint density at radius 1 is 0.955 bits per heavy atom. The van der Waals surface area contributed by atoms with Crippen LogP contribution in [0.3, 0.4) is 0 Å². The van der Waals surface area contributed by atoms with E-state index in [1.54, 1.807) is 0 Å². The molecule has 1 aliphatic heterocycles. The van der Waals surface area contributed by atoms with Gasteiger partial charge in [-0.05, 0) is 55.7 Å². The number of benzene rings is 1. The zero-order chi connectivity index (χ0) is 15.9. The van der Waals surface area contributed by atoms with Gasteiger partial charge < -0.3 is 4.90 Å². The van der Waals surface area contributed by atoms with Gasteiger partial charge in [-0.25, -0.2) is 0 Å². The van der Waals surface area contributed by atoms with Crippen molar-refractivity contribution in [3.63, 3.8) is 0 Å². The van der Waals surface area contributed by atoms with E-state index in [9.17, 15) is 0 Å². The van der Waals surface area contributed by atoms with Crippen molar-refractivity contribution in [3.05, 3.63) is 29.8 Å². The Kier molecular flexibility index (Phi) is 4.24. The first-order valence-corrected chi connectivity index (χ1v) is 8.96.